The van der Waals surface area contributed by atoms with Crippen molar-refractivity contribution in [1.82, 2.24) is 0 Å². The van der Waals surface area contributed by atoms with Crippen molar-refractivity contribution < 1.29 is 9.47 Å². The molecule has 6 aliphatic rings. The molecule has 0 bridgehead atoms. The van der Waals surface area contributed by atoms with Crippen molar-refractivity contribution in [3.63, 3.8) is 0 Å². The lowest BCUT2D eigenvalue weighted by atomic mass is 9.43. The maximum absolute atomic E-state index is 9.08. The average molecular weight is 412 g/mol. The van der Waals surface area contributed by atoms with Gasteiger partial charge < -0.3 is 9.47 Å². The third-order valence-electron chi connectivity index (χ3n) is 12.2. The SMILES string of the molecule is C[C@H](CCC#N)C1CCC2C3CCC45C[C@H]4C4(CC[C@]5(C)C3CC[C@@]21C)OCCO4. The Balaban J connectivity index is 1.25. The van der Waals surface area contributed by atoms with Crippen LogP contribution in [-0.4, -0.2) is 19.0 Å². The first kappa shape index (κ1) is 20.0. The lowest BCUT2D eigenvalue weighted by molar-refractivity contribution is -0.234. The van der Waals surface area contributed by atoms with E-state index in [-0.39, 0.29) is 5.79 Å². The molecular formula is C27H41NO2. The summed E-state index contributed by atoms with van der Waals surface area (Å²) in [6.45, 7) is 9.39. The molecule has 30 heavy (non-hydrogen) atoms. The molecular weight excluding hydrogens is 370 g/mol. The van der Waals surface area contributed by atoms with Crippen molar-refractivity contribution in [3.8, 4) is 6.07 Å². The normalized spacial score (nSPS) is 53.9. The Bertz CT molecular complexity index is 752. The highest BCUT2D eigenvalue weighted by molar-refractivity contribution is 5.24. The number of hydrogen-bond donors (Lipinski definition) is 0. The van der Waals surface area contributed by atoms with E-state index in [4.69, 9.17) is 14.7 Å². The van der Waals surface area contributed by atoms with Crippen LogP contribution in [0.3, 0.4) is 0 Å². The van der Waals surface area contributed by atoms with Gasteiger partial charge in [-0.2, -0.15) is 5.26 Å². The third kappa shape index (κ3) is 2.34. The molecule has 166 valence electrons. The number of nitrogens with zero attached hydrogens (tertiary/aromatic N) is 1. The minimum absolute atomic E-state index is 0.204. The molecule has 5 saturated carbocycles. The molecule has 0 aromatic rings. The Morgan fingerprint density at radius 2 is 1.77 bits per heavy atom. The number of ether oxygens (including phenoxy) is 2. The van der Waals surface area contributed by atoms with Gasteiger partial charge >= 0.3 is 0 Å². The highest BCUT2D eigenvalue weighted by atomic mass is 16.7. The van der Waals surface area contributed by atoms with Gasteiger partial charge in [0.25, 0.3) is 0 Å². The maximum Gasteiger partial charge on any atom is 0.171 e. The lowest BCUT2D eigenvalue weighted by Gasteiger charge is -2.62. The van der Waals surface area contributed by atoms with E-state index in [0.717, 1.165) is 56.1 Å². The van der Waals surface area contributed by atoms with Gasteiger partial charge in [-0.05, 0) is 104 Å². The number of hydrogen-bond acceptors (Lipinski definition) is 3. The molecule has 0 radical (unpaired) electrons. The van der Waals surface area contributed by atoms with E-state index >= 15 is 0 Å². The van der Waals surface area contributed by atoms with Crippen molar-refractivity contribution in [2.24, 2.45) is 51.8 Å². The fourth-order valence-corrected chi connectivity index (χ4v) is 10.7. The van der Waals surface area contributed by atoms with E-state index < -0.39 is 0 Å². The monoisotopic (exact) mass is 411 g/mol. The predicted molar refractivity (Wildman–Crippen MR) is 116 cm³/mol. The molecule has 6 fully saturated rings. The van der Waals surface area contributed by atoms with Crippen LogP contribution >= 0.6 is 0 Å². The van der Waals surface area contributed by atoms with E-state index in [1.165, 1.54) is 51.4 Å². The Labute approximate surface area is 183 Å². The van der Waals surface area contributed by atoms with Crippen LogP contribution in [0, 0.1) is 63.1 Å². The van der Waals surface area contributed by atoms with Crippen LogP contribution in [0.15, 0.2) is 0 Å². The Morgan fingerprint density at radius 3 is 2.53 bits per heavy atom. The van der Waals surface area contributed by atoms with Gasteiger partial charge in [-0.25, -0.2) is 0 Å². The summed E-state index contributed by atoms with van der Waals surface area (Å²) in [5.41, 5.74) is 1.54. The molecule has 0 N–H and O–H groups in total. The first-order valence-electron chi connectivity index (χ1n) is 13.1. The van der Waals surface area contributed by atoms with Crippen molar-refractivity contribution in [3.05, 3.63) is 0 Å². The second kappa shape index (κ2) is 6.48. The molecule has 5 unspecified atom stereocenters. The Hall–Kier alpha value is -0.590. The van der Waals surface area contributed by atoms with Gasteiger partial charge in [0, 0.05) is 18.8 Å². The molecule has 3 heteroatoms. The van der Waals surface area contributed by atoms with Crippen LogP contribution in [0.25, 0.3) is 0 Å². The molecule has 0 amide bonds. The third-order valence-corrected chi connectivity index (χ3v) is 12.2. The standard InChI is InChI=1S/C27H41NO2/c1-18(5-4-14-28)20-6-7-21-19-8-11-26-17-23(26)27(29-15-16-30-27)13-12-25(26,3)22(19)9-10-24(20,21)2/h18-23H,4-13,15-17H2,1-3H3/t18-,19?,20?,21?,22?,23-,24-,25-,26?/m1/s1. The van der Waals surface area contributed by atoms with Crippen molar-refractivity contribution in [2.75, 3.05) is 13.2 Å². The molecule has 1 aliphatic heterocycles. The van der Waals surface area contributed by atoms with Crippen molar-refractivity contribution >= 4 is 0 Å². The Kier molecular flexibility index (Phi) is 4.33. The fourth-order valence-electron chi connectivity index (χ4n) is 10.7. The van der Waals surface area contributed by atoms with Crippen LogP contribution in [-0.2, 0) is 9.47 Å². The van der Waals surface area contributed by atoms with Crippen molar-refractivity contribution in [1.29, 1.82) is 5.26 Å². The molecule has 1 saturated heterocycles. The average Bonchev–Trinajstić information content (AvgIpc) is 3.14. The van der Waals surface area contributed by atoms with Gasteiger partial charge in [0.2, 0.25) is 0 Å². The highest BCUT2D eigenvalue weighted by Crippen LogP contribution is 2.82. The Morgan fingerprint density at radius 1 is 0.967 bits per heavy atom. The van der Waals surface area contributed by atoms with E-state index in [1.54, 1.807) is 0 Å². The molecule has 3 nitrogen and oxygen atoms in total. The zero-order valence-electron chi connectivity index (χ0n) is 19.4. The van der Waals surface area contributed by atoms with Crippen LogP contribution in [0.1, 0.15) is 91.4 Å². The number of rotatable bonds is 3. The van der Waals surface area contributed by atoms with Gasteiger partial charge in [-0.3, -0.25) is 0 Å². The highest BCUT2D eigenvalue weighted by Gasteiger charge is 2.78. The molecule has 2 spiro atoms. The minimum atomic E-state index is -0.204. The summed E-state index contributed by atoms with van der Waals surface area (Å²) in [7, 11) is 0. The first-order valence-corrected chi connectivity index (χ1v) is 13.1. The van der Waals surface area contributed by atoms with E-state index in [1.807, 2.05) is 0 Å². The molecule has 5 aliphatic carbocycles. The summed E-state index contributed by atoms with van der Waals surface area (Å²) >= 11 is 0. The number of fused-ring (bicyclic) bond motifs is 5. The van der Waals surface area contributed by atoms with Gasteiger partial charge in [0.05, 0.1) is 19.3 Å². The first-order chi connectivity index (χ1) is 14.4. The second-order valence-electron chi connectivity index (χ2n) is 12.7. The van der Waals surface area contributed by atoms with E-state index in [2.05, 4.69) is 26.8 Å². The maximum atomic E-state index is 9.08. The summed E-state index contributed by atoms with van der Waals surface area (Å²) in [5, 5.41) is 9.08. The summed E-state index contributed by atoms with van der Waals surface area (Å²) in [5.74, 6) is 4.79. The summed E-state index contributed by atoms with van der Waals surface area (Å²) in [6.07, 6.45) is 14.2. The molecule has 9 atom stereocenters. The molecule has 6 rings (SSSR count). The largest absolute Gasteiger partial charge is 0.347 e. The molecule has 1 heterocycles. The molecule has 0 aromatic carbocycles. The summed E-state index contributed by atoms with van der Waals surface area (Å²) in [4.78, 5) is 0. The second-order valence-corrected chi connectivity index (χ2v) is 12.7. The zero-order valence-corrected chi connectivity index (χ0v) is 19.4. The lowest BCUT2D eigenvalue weighted by Crippen LogP contribution is -2.57. The summed E-state index contributed by atoms with van der Waals surface area (Å²) < 4.78 is 12.5. The minimum Gasteiger partial charge on any atom is -0.347 e. The van der Waals surface area contributed by atoms with Crippen LogP contribution < -0.4 is 0 Å². The van der Waals surface area contributed by atoms with Crippen LogP contribution in [0.2, 0.25) is 0 Å². The smallest absolute Gasteiger partial charge is 0.171 e. The van der Waals surface area contributed by atoms with Crippen LogP contribution in [0.5, 0.6) is 0 Å². The zero-order chi connectivity index (χ0) is 20.8. The quantitative estimate of drug-likeness (QED) is 0.545. The van der Waals surface area contributed by atoms with Gasteiger partial charge in [0.15, 0.2) is 5.79 Å². The molecule has 0 aromatic heterocycles. The van der Waals surface area contributed by atoms with Gasteiger partial charge in [-0.15, -0.1) is 0 Å². The van der Waals surface area contributed by atoms with Crippen molar-refractivity contribution in [2.45, 2.75) is 97.2 Å². The number of nitriles is 1. The van der Waals surface area contributed by atoms with E-state index in [9.17, 15) is 0 Å². The van der Waals surface area contributed by atoms with Gasteiger partial charge in [0.1, 0.15) is 0 Å². The fraction of sp³-hybridized carbons (Fsp3) is 0.963. The van der Waals surface area contributed by atoms with Crippen LogP contribution in [0.4, 0.5) is 0 Å². The summed E-state index contributed by atoms with van der Waals surface area (Å²) in [6, 6.07) is 2.40. The van der Waals surface area contributed by atoms with E-state index in [0.29, 0.717) is 28.1 Å². The topological polar surface area (TPSA) is 42.2 Å². The predicted octanol–water partition coefficient (Wildman–Crippen LogP) is 6.33. The van der Waals surface area contributed by atoms with Gasteiger partial charge in [-0.1, -0.05) is 20.8 Å².